The molecule has 0 heterocycles. The first-order chi connectivity index (χ1) is 8.60. The van der Waals surface area contributed by atoms with Crippen molar-refractivity contribution in [2.24, 2.45) is 0 Å². The Labute approximate surface area is 110 Å². The first kappa shape index (κ1) is 15.2. The summed E-state index contributed by atoms with van der Waals surface area (Å²) in [6.45, 7) is 2.11. The second-order valence-corrected chi connectivity index (χ2v) is 6.61. The zero-order valence-corrected chi connectivity index (χ0v) is 11.7. The molecule has 0 atom stereocenters. The number of benzene rings is 1. The highest BCUT2D eigenvalue weighted by Crippen LogP contribution is 2.15. The second-order valence-electron chi connectivity index (χ2n) is 4.50. The molecular weight excluding hydrogens is 248 g/mol. The Balaban J connectivity index is 2.57. The number of unbranched alkanes of at least 4 members (excludes halogenated alkanes) is 2. The average Bonchev–Trinajstić information content (AvgIpc) is 2.35. The van der Waals surface area contributed by atoms with E-state index in [1.807, 2.05) is 19.1 Å². The minimum atomic E-state index is -3.09. The highest BCUT2D eigenvalue weighted by Gasteiger charge is 2.12. The molecule has 0 aliphatic rings. The summed E-state index contributed by atoms with van der Waals surface area (Å²) in [5.74, 6) is 0.211. The quantitative estimate of drug-likeness (QED) is 0.739. The van der Waals surface area contributed by atoms with Crippen molar-refractivity contribution in [2.45, 2.75) is 43.9 Å². The molecule has 0 aromatic heterocycles. The number of rotatable bonds is 8. The molecule has 0 saturated carbocycles. The molecule has 18 heavy (non-hydrogen) atoms. The molecule has 1 rings (SSSR count). The molecule has 0 amide bonds. The Bertz CT molecular complexity index is 435. The topological polar surface area (TPSA) is 54.4 Å². The Morgan fingerprint density at radius 1 is 1.06 bits per heavy atom. The third kappa shape index (κ3) is 4.78. The summed E-state index contributed by atoms with van der Waals surface area (Å²) in [6, 6.07) is 7.18. The lowest BCUT2D eigenvalue weighted by molar-refractivity contribution is 0.283. The van der Waals surface area contributed by atoms with Crippen LogP contribution in [0.4, 0.5) is 0 Å². The molecule has 102 valence electrons. The van der Waals surface area contributed by atoms with Crippen LogP contribution in [0.2, 0.25) is 0 Å². The largest absolute Gasteiger partial charge is 0.396 e. The third-order valence-electron chi connectivity index (χ3n) is 2.88. The highest BCUT2D eigenvalue weighted by molar-refractivity contribution is 7.91. The van der Waals surface area contributed by atoms with Crippen LogP contribution in [0.1, 0.15) is 38.2 Å². The summed E-state index contributed by atoms with van der Waals surface area (Å²) in [7, 11) is -3.09. The summed E-state index contributed by atoms with van der Waals surface area (Å²) in [5.41, 5.74) is 1.16. The van der Waals surface area contributed by atoms with E-state index in [0.29, 0.717) is 11.3 Å². The van der Waals surface area contributed by atoms with Crippen LogP contribution in [0, 0.1) is 0 Å². The molecule has 0 radical (unpaired) electrons. The first-order valence-electron chi connectivity index (χ1n) is 6.52. The highest BCUT2D eigenvalue weighted by atomic mass is 32.2. The normalized spacial score (nSPS) is 11.7. The van der Waals surface area contributed by atoms with Gasteiger partial charge in [-0.3, -0.25) is 0 Å². The monoisotopic (exact) mass is 270 g/mol. The van der Waals surface area contributed by atoms with Gasteiger partial charge in [0.25, 0.3) is 0 Å². The van der Waals surface area contributed by atoms with Crippen molar-refractivity contribution in [3.63, 3.8) is 0 Å². The Kier molecular flexibility index (Phi) is 6.36. The smallest absolute Gasteiger partial charge is 0.178 e. The number of aliphatic hydroxyl groups excluding tert-OH is 1. The molecule has 0 unspecified atom stereocenters. The summed E-state index contributed by atoms with van der Waals surface area (Å²) >= 11 is 0. The number of aryl methyl sites for hydroxylation is 1. The van der Waals surface area contributed by atoms with Crippen molar-refractivity contribution >= 4 is 9.84 Å². The maximum absolute atomic E-state index is 11.8. The zero-order valence-electron chi connectivity index (χ0n) is 10.9. The van der Waals surface area contributed by atoms with E-state index in [2.05, 4.69) is 0 Å². The van der Waals surface area contributed by atoms with Crippen LogP contribution < -0.4 is 0 Å². The van der Waals surface area contributed by atoms with Crippen LogP contribution in [-0.4, -0.2) is 25.9 Å². The number of hydrogen-bond acceptors (Lipinski definition) is 3. The first-order valence-corrected chi connectivity index (χ1v) is 8.18. The summed E-state index contributed by atoms with van der Waals surface area (Å²) in [5, 5.41) is 8.67. The summed E-state index contributed by atoms with van der Waals surface area (Å²) in [4.78, 5) is 0.420. The lowest BCUT2D eigenvalue weighted by atomic mass is 10.1. The van der Waals surface area contributed by atoms with Gasteiger partial charge in [-0.2, -0.15) is 0 Å². The average molecular weight is 270 g/mol. The maximum atomic E-state index is 11.8. The van der Waals surface area contributed by atoms with Crippen molar-refractivity contribution in [3.8, 4) is 0 Å². The predicted molar refractivity (Wildman–Crippen MR) is 73.4 cm³/mol. The summed E-state index contributed by atoms with van der Waals surface area (Å²) < 4.78 is 23.6. The van der Waals surface area contributed by atoms with Gasteiger partial charge in [0.2, 0.25) is 0 Å². The van der Waals surface area contributed by atoms with Crippen LogP contribution in [0.15, 0.2) is 29.2 Å². The van der Waals surface area contributed by atoms with Gasteiger partial charge in [-0.25, -0.2) is 8.42 Å². The fourth-order valence-electron chi connectivity index (χ4n) is 1.87. The van der Waals surface area contributed by atoms with Crippen LogP contribution >= 0.6 is 0 Å². The maximum Gasteiger partial charge on any atom is 0.178 e. The van der Waals surface area contributed by atoms with Crippen LogP contribution in [0.5, 0.6) is 0 Å². The fraction of sp³-hybridized carbons (Fsp3) is 0.571. The molecule has 0 saturated heterocycles. The van der Waals surface area contributed by atoms with Crippen molar-refractivity contribution in [2.75, 3.05) is 12.4 Å². The molecule has 1 aromatic rings. The number of hydrogen-bond donors (Lipinski definition) is 1. The van der Waals surface area contributed by atoms with E-state index in [4.69, 9.17) is 5.11 Å². The van der Waals surface area contributed by atoms with Gasteiger partial charge in [0.1, 0.15) is 0 Å². The van der Waals surface area contributed by atoms with Crippen molar-refractivity contribution in [1.29, 1.82) is 0 Å². The Morgan fingerprint density at radius 2 is 1.72 bits per heavy atom. The fourth-order valence-corrected chi connectivity index (χ4v) is 3.19. The molecule has 0 aliphatic heterocycles. The molecule has 4 heteroatoms. The van der Waals surface area contributed by atoms with Crippen LogP contribution in [0.3, 0.4) is 0 Å². The van der Waals surface area contributed by atoms with Crippen molar-refractivity contribution in [3.05, 3.63) is 29.8 Å². The van der Waals surface area contributed by atoms with Gasteiger partial charge >= 0.3 is 0 Å². The lowest BCUT2D eigenvalue weighted by Crippen LogP contribution is -2.05. The Morgan fingerprint density at radius 3 is 2.28 bits per heavy atom. The molecule has 0 spiro atoms. The molecule has 3 nitrogen and oxygen atoms in total. The van der Waals surface area contributed by atoms with Gasteiger partial charge in [0, 0.05) is 6.61 Å². The van der Waals surface area contributed by atoms with Crippen molar-refractivity contribution < 1.29 is 13.5 Å². The molecule has 0 fully saturated rings. The van der Waals surface area contributed by atoms with Crippen LogP contribution in [0.25, 0.3) is 0 Å². The van der Waals surface area contributed by atoms with E-state index >= 15 is 0 Å². The standard InChI is InChI=1S/C14H22O3S/c1-2-12-18(16,17)14-9-7-13(8-10-14)6-4-3-5-11-15/h7-10,15H,2-6,11-12H2,1H3. The lowest BCUT2D eigenvalue weighted by Gasteiger charge is -2.05. The second kappa shape index (κ2) is 7.54. The predicted octanol–water partition coefficient (Wildman–Crippen LogP) is 2.58. The van der Waals surface area contributed by atoms with Gasteiger partial charge in [0.05, 0.1) is 10.6 Å². The van der Waals surface area contributed by atoms with E-state index < -0.39 is 9.84 Å². The van der Waals surface area contributed by atoms with Gasteiger partial charge < -0.3 is 5.11 Å². The van der Waals surface area contributed by atoms with Gasteiger partial charge in [0.15, 0.2) is 9.84 Å². The molecule has 0 aliphatic carbocycles. The van der Waals surface area contributed by atoms with Crippen LogP contribution in [-0.2, 0) is 16.3 Å². The van der Waals surface area contributed by atoms with E-state index in [0.717, 1.165) is 31.2 Å². The van der Waals surface area contributed by atoms with E-state index in [9.17, 15) is 8.42 Å². The van der Waals surface area contributed by atoms with E-state index in [1.165, 1.54) is 0 Å². The Hall–Kier alpha value is -0.870. The van der Waals surface area contributed by atoms with Gasteiger partial charge in [-0.05, 0) is 43.4 Å². The molecular formula is C14H22O3S. The van der Waals surface area contributed by atoms with E-state index in [1.54, 1.807) is 12.1 Å². The number of sulfone groups is 1. The summed E-state index contributed by atoms with van der Waals surface area (Å²) in [6.07, 6.45) is 4.45. The molecule has 0 bridgehead atoms. The van der Waals surface area contributed by atoms with E-state index in [-0.39, 0.29) is 12.4 Å². The van der Waals surface area contributed by atoms with Crippen molar-refractivity contribution in [1.82, 2.24) is 0 Å². The minimum Gasteiger partial charge on any atom is -0.396 e. The molecule has 1 N–H and O–H groups in total. The number of aliphatic hydroxyl groups is 1. The minimum absolute atomic E-state index is 0.211. The SMILES string of the molecule is CCCS(=O)(=O)c1ccc(CCCCCO)cc1. The molecule has 1 aromatic carbocycles. The van der Waals surface area contributed by atoms with Gasteiger partial charge in [-0.15, -0.1) is 0 Å². The third-order valence-corrected chi connectivity index (χ3v) is 4.81. The van der Waals surface area contributed by atoms with Gasteiger partial charge in [-0.1, -0.05) is 25.5 Å². The zero-order chi connectivity index (χ0) is 13.4.